The lowest BCUT2D eigenvalue weighted by molar-refractivity contribution is -0.137. The maximum Gasteiger partial charge on any atom is 0.416 e. The standard InChI is InChI=1S/C20H19F3N2O4/c1-29-10-9-24-18(27)15-11-14-16(3-2-4-17(14)26)25(19(15)28)13-7-5-12(6-8-13)20(21,22)23/h5-8,11H,2-4,9-10H2,1H3,(H,24,27). The van der Waals surface area contributed by atoms with E-state index >= 15 is 0 Å². The number of carbonyl (C=O) groups excluding carboxylic acids is 2. The zero-order valence-electron chi connectivity index (χ0n) is 15.6. The van der Waals surface area contributed by atoms with Gasteiger partial charge < -0.3 is 10.1 Å². The van der Waals surface area contributed by atoms with Crippen molar-refractivity contribution in [2.75, 3.05) is 20.3 Å². The van der Waals surface area contributed by atoms with Gasteiger partial charge in [0.2, 0.25) is 0 Å². The maximum absolute atomic E-state index is 13.0. The molecule has 0 saturated carbocycles. The number of nitrogens with one attached hydrogen (secondary N) is 1. The molecule has 1 amide bonds. The van der Waals surface area contributed by atoms with Crippen molar-refractivity contribution >= 4 is 11.7 Å². The molecule has 0 aliphatic heterocycles. The predicted molar refractivity (Wildman–Crippen MR) is 98.5 cm³/mol. The molecule has 1 heterocycles. The number of nitrogens with zero attached hydrogens (tertiary/aromatic N) is 1. The summed E-state index contributed by atoms with van der Waals surface area (Å²) in [5, 5.41) is 2.53. The number of Topliss-reactive ketones (excluding diaryl/α,β-unsaturated/α-hetero) is 1. The van der Waals surface area contributed by atoms with E-state index in [1.807, 2.05) is 0 Å². The van der Waals surface area contributed by atoms with Gasteiger partial charge in [-0.2, -0.15) is 13.2 Å². The van der Waals surface area contributed by atoms with Crippen LogP contribution >= 0.6 is 0 Å². The zero-order valence-corrected chi connectivity index (χ0v) is 15.6. The van der Waals surface area contributed by atoms with Crippen molar-refractivity contribution in [1.29, 1.82) is 0 Å². The third-order valence-corrected chi connectivity index (χ3v) is 4.71. The van der Waals surface area contributed by atoms with Crippen LogP contribution in [0.3, 0.4) is 0 Å². The van der Waals surface area contributed by atoms with E-state index in [2.05, 4.69) is 5.32 Å². The fourth-order valence-electron chi connectivity index (χ4n) is 3.29. The van der Waals surface area contributed by atoms with E-state index in [4.69, 9.17) is 4.74 Å². The van der Waals surface area contributed by atoms with E-state index in [1.54, 1.807) is 0 Å². The highest BCUT2D eigenvalue weighted by molar-refractivity contribution is 6.01. The number of hydrogen-bond donors (Lipinski definition) is 1. The van der Waals surface area contributed by atoms with E-state index in [0.29, 0.717) is 18.5 Å². The normalized spacial score (nSPS) is 13.9. The Morgan fingerprint density at radius 1 is 1.17 bits per heavy atom. The second-order valence-electron chi connectivity index (χ2n) is 6.63. The van der Waals surface area contributed by atoms with Crippen LogP contribution < -0.4 is 10.9 Å². The summed E-state index contributed by atoms with van der Waals surface area (Å²) >= 11 is 0. The van der Waals surface area contributed by atoms with Crippen molar-refractivity contribution in [3.63, 3.8) is 0 Å². The van der Waals surface area contributed by atoms with Crippen LogP contribution in [0.1, 0.15) is 44.8 Å². The van der Waals surface area contributed by atoms with Crippen LogP contribution in [-0.4, -0.2) is 36.5 Å². The molecule has 0 saturated heterocycles. The summed E-state index contributed by atoms with van der Waals surface area (Å²) in [4.78, 5) is 37.9. The molecule has 6 nitrogen and oxygen atoms in total. The number of amides is 1. The number of halogens is 3. The van der Waals surface area contributed by atoms with E-state index in [1.165, 1.54) is 13.2 Å². The first-order valence-corrected chi connectivity index (χ1v) is 9.01. The van der Waals surface area contributed by atoms with Crippen LogP contribution in [0.25, 0.3) is 5.69 Å². The van der Waals surface area contributed by atoms with E-state index < -0.39 is 23.2 Å². The van der Waals surface area contributed by atoms with Crippen LogP contribution in [0.4, 0.5) is 13.2 Å². The number of fused-ring (bicyclic) bond motifs is 1. The van der Waals surface area contributed by atoms with Crippen LogP contribution in [0.5, 0.6) is 0 Å². The molecule has 9 heteroatoms. The van der Waals surface area contributed by atoms with Gasteiger partial charge in [-0.3, -0.25) is 19.0 Å². The molecule has 0 atom stereocenters. The first-order chi connectivity index (χ1) is 13.7. The number of rotatable bonds is 5. The minimum atomic E-state index is -4.51. The van der Waals surface area contributed by atoms with E-state index in [9.17, 15) is 27.6 Å². The number of hydrogen-bond acceptors (Lipinski definition) is 4. The molecule has 0 fully saturated rings. The number of carbonyl (C=O) groups is 2. The van der Waals surface area contributed by atoms with Crippen molar-refractivity contribution in [1.82, 2.24) is 9.88 Å². The lowest BCUT2D eigenvalue weighted by atomic mass is 9.92. The third kappa shape index (κ3) is 4.24. The molecular formula is C20H19F3N2O4. The van der Waals surface area contributed by atoms with Crippen LogP contribution in [0.2, 0.25) is 0 Å². The van der Waals surface area contributed by atoms with Crippen LogP contribution in [0, 0.1) is 0 Å². The fourth-order valence-corrected chi connectivity index (χ4v) is 3.29. The number of ketones is 1. The van der Waals surface area contributed by atoms with Gasteiger partial charge in [0.25, 0.3) is 11.5 Å². The highest BCUT2D eigenvalue weighted by Crippen LogP contribution is 2.30. The molecule has 0 unspecified atom stereocenters. The minimum absolute atomic E-state index is 0.167. The molecule has 3 rings (SSSR count). The average molecular weight is 408 g/mol. The number of methoxy groups -OCH3 is 1. The summed E-state index contributed by atoms with van der Waals surface area (Å²) in [5.74, 6) is -0.883. The van der Waals surface area contributed by atoms with Crippen molar-refractivity contribution < 1.29 is 27.5 Å². The van der Waals surface area contributed by atoms with Gasteiger partial charge in [-0.05, 0) is 43.2 Å². The molecule has 2 aromatic rings. The van der Waals surface area contributed by atoms with Gasteiger partial charge in [-0.15, -0.1) is 0 Å². The smallest absolute Gasteiger partial charge is 0.383 e. The number of ether oxygens (including phenoxy) is 1. The average Bonchev–Trinajstić information content (AvgIpc) is 2.67. The minimum Gasteiger partial charge on any atom is -0.383 e. The van der Waals surface area contributed by atoms with Crippen molar-refractivity contribution in [3.8, 4) is 5.69 Å². The summed E-state index contributed by atoms with van der Waals surface area (Å²) in [6.07, 6.45) is -3.31. The zero-order chi connectivity index (χ0) is 21.2. The summed E-state index contributed by atoms with van der Waals surface area (Å²) in [6, 6.07) is 5.34. The summed E-state index contributed by atoms with van der Waals surface area (Å²) in [6.45, 7) is 0.406. The summed E-state index contributed by atoms with van der Waals surface area (Å²) in [7, 11) is 1.46. The molecular weight excluding hydrogens is 389 g/mol. The Morgan fingerprint density at radius 2 is 1.86 bits per heavy atom. The number of aromatic nitrogens is 1. The third-order valence-electron chi connectivity index (χ3n) is 4.71. The highest BCUT2D eigenvalue weighted by atomic mass is 19.4. The van der Waals surface area contributed by atoms with Crippen molar-refractivity contribution in [3.05, 3.63) is 63.1 Å². The Labute approximate surface area is 164 Å². The molecule has 154 valence electrons. The predicted octanol–water partition coefficient (Wildman–Crippen LogP) is 2.75. The molecule has 0 spiro atoms. The van der Waals surface area contributed by atoms with Gasteiger partial charge in [0.1, 0.15) is 5.56 Å². The van der Waals surface area contributed by atoms with Crippen molar-refractivity contribution in [2.45, 2.75) is 25.4 Å². The maximum atomic E-state index is 13.0. The monoisotopic (exact) mass is 408 g/mol. The molecule has 1 aromatic heterocycles. The Hall–Kier alpha value is -2.94. The fraction of sp³-hybridized carbons (Fsp3) is 0.350. The van der Waals surface area contributed by atoms with Crippen molar-refractivity contribution in [2.24, 2.45) is 0 Å². The van der Waals surface area contributed by atoms with Gasteiger partial charge in [-0.25, -0.2) is 0 Å². The van der Waals surface area contributed by atoms with Crippen LogP contribution in [0.15, 0.2) is 35.1 Å². The summed E-state index contributed by atoms with van der Waals surface area (Å²) < 4.78 is 44.6. The van der Waals surface area contributed by atoms with Gasteiger partial charge >= 0.3 is 6.18 Å². The molecule has 0 bridgehead atoms. The lowest BCUT2D eigenvalue weighted by Gasteiger charge is -2.22. The van der Waals surface area contributed by atoms with Crippen LogP contribution in [-0.2, 0) is 17.3 Å². The Morgan fingerprint density at radius 3 is 2.48 bits per heavy atom. The highest BCUT2D eigenvalue weighted by Gasteiger charge is 2.31. The topological polar surface area (TPSA) is 77.4 Å². The molecule has 0 radical (unpaired) electrons. The lowest BCUT2D eigenvalue weighted by Crippen LogP contribution is -2.37. The first-order valence-electron chi connectivity index (χ1n) is 9.01. The Bertz CT molecular complexity index is 995. The summed E-state index contributed by atoms with van der Waals surface area (Å²) in [5.41, 5.74) is -0.969. The van der Waals surface area contributed by atoms with Gasteiger partial charge in [0, 0.05) is 37.0 Å². The molecule has 1 aliphatic carbocycles. The second kappa shape index (κ2) is 8.20. The number of alkyl halides is 3. The SMILES string of the molecule is COCCNC(=O)c1cc2c(n(-c3ccc(C(F)(F)F)cc3)c1=O)CCCC2=O. The number of pyridine rings is 1. The van der Waals surface area contributed by atoms with E-state index in [-0.39, 0.29) is 42.2 Å². The van der Waals surface area contributed by atoms with Gasteiger partial charge in [-0.1, -0.05) is 0 Å². The molecule has 1 aromatic carbocycles. The first kappa shape index (κ1) is 20.8. The molecule has 1 aliphatic rings. The van der Waals surface area contributed by atoms with Gasteiger partial charge in [0.05, 0.1) is 12.2 Å². The molecule has 29 heavy (non-hydrogen) atoms. The van der Waals surface area contributed by atoms with Gasteiger partial charge in [0.15, 0.2) is 5.78 Å². The molecule has 1 N–H and O–H groups in total. The Kier molecular flexibility index (Phi) is 5.88. The largest absolute Gasteiger partial charge is 0.416 e. The Balaban J connectivity index is 2.13. The quantitative estimate of drug-likeness (QED) is 0.772. The van der Waals surface area contributed by atoms with E-state index in [0.717, 1.165) is 28.8 Å². The second-order valence-corrected chi connectivity index (χ2v) is 6.63. The number of benzene rings is 1.